The minimum atomic E-state index is -4.59. The Morgan fingerprint density at radius 3 is 2.81 bits per heavy atom. The predicted molar refractivity (Wildman–Crippen MR) is 86.1 cm³/mol. The summed E-state index contributed by atoms with van der Waals surface area (Å²) in [4.78, 5) is 12.3. The standard InChI is InChI=1S/C17H18F3N3O3/c1-10(14-7-4-8-26-14)21-16(25)15-13(24)9-23(22-15)12-6-3-2-5-11(12)17(18,19)20/h2-3,5-6,9-10,14,24H,4,7-8H2,1H3,(H,21,25)/t10-,14+/m0/s1. The first-order chi connectivity index (χ1) is 12.3. The van der Waals surface area contributed by atoms with Crippen molar-refractivity contribution in [1.29, 1.82) is 0 Å². The van der Waals surface area contributed by atoms with Crippen LogP contribution < -0.4 is 5.32 Å². The van der Waals surface area contributed by atoms with Gasteiger partial charge < -0.3 is 15.2 Å². The van der Waals surface area contributed by atoms with Gasteiger partial charge in [-0.15, -0.1) is 0 Å². The molecular weight excluding hydrogens is 351 g/mol. The molecule has 26 heavy (non-hydrogen) atoms. The molecule has 2 atom stereocenters. The van der Waals surface area contributed by atoms with E-state index in [4.69, 9.17) is 4.74 Å². The largest absolute Gasteiger partial charge is 0.504 e. The quantitative estimate of drug-likeness (QED) is 0.869. The Kier molecular flexibility index (Phi) is 4.90. The minimum absolute atomic E-state index is 0.130. The summed E-state index contributed by atoms with van der Waals surface area (Å²) in [6.07, 6.45) is -2.03. The number of rotatable bonds is 4. The minimum Gasteiger partial charge on any atom is -0.504 e. The van der Waals surface area contributed by atoms with Crippen LogP contribution in [0.4, 0.5) is 13.2 Å². The van der Waals surface area contributed by atoms with Crippen LogP contribution >= 0.6 is 0 Å². The highest BCUT2D eigenvalue weighted by Gasteiger charge is 2.34. The van der Waals surface area contributed by atoms with Gasteiger partial charge in [0.15, 0.2) is 11.4 Å². The molecule has 0 spiro atoms. The van der Waals surface area contributed by atoms with E-state index in [1.807, 2.05) is 0 Å². The average Bonchev–Trinajstić information content (AvgIpc) is 3.23. The second-order valence-corrected chi connectivity index (χ2v) is 6.14. The van der Waals surface area contributed by atoms with Crippen LogP contribution in [-0.4, -0.2) is 39.5 Å². The molecule has 9 heteroatoms. The molecule has 1 aromatic heterocycles. The first-order valence-corrected chi connectivity index (χ1v) is 8.15. The van der Waals surface area contributed by atoms with Gasteiger partial charge in [-0.3, -0.25) is 4.79 Å². The van der Waals surface area contributed by atoms with Gasteiger partial charge in [-0.25, -0.2) is 4.68 Å². The first-order valence-electron chi connectivity index (χ1n) is 8.15. The van der Waals surface area contributed by atoms with Gasteiger partial charge in [0, 0.05) is 6.61 Å². The smallest absolute Gasteiger partial charge is 0.418 e. The van der Waals surface area contributed by atoms with Crippen LogP contribution in [0.3, 0.4) is 0 Å². The van der Waals surface area contributed by atoms with Crippen LogP contribution in [0.25, 0.3) is 5.69 Å². The van der Waals surface area contributed by atoms with E-state index in [-0.39, 0.29) is 23.5 Å². The zero-order valence-electron chi connectivity index (χ0n) is 14.0. The molecule has 0 saturated carbocycles. The lowest BCUT2D eigenvalue weighted by molar-refractivity contribution is -0.137. The van der Waals surface area contributed by atoms with E-state index in [2.05, 4.69) is 10.4 Å². The second-order valence-electron chi connectivity index (χ2n) is 6.14. The van der Waals surface area contributed by atoms with Crippen molar-refractivity contribution >= 4 is 5.91 Å². The zero-order valence-corrected chi connectivity index (χ0v) is 14.0. The molecule has 1 aromatic carbocycles. The number of aromatic hydroxyl groups is 1. The summed E-state index contributed by atoms with van der Waals surface area (Å²) in [7, 11) is 0. The van der Waals surface area contributed by atoms with E-state index in [1.54, 1.807) is 6.92 Å². The second kappa shape index (κ2) is 6.99. The highest BCUT2D eigenvalue weighted by atomic mass is 19.4. The molecule has 1 aliphatic rings. The summed E-state index contributed by atoms with van der Waals surface area (Å²) in [6, 6.07) is 4.49. The van der Waals surface area contributed by atoms with Crippen LogP contribution in [0.15, 0.2) is 30.5 Å². The molecule has 1 aliphatic heterocycles. The van der Waals surface area contributed by atoms with E-state index < -0.39 is 23.4 Å². The lowest BCUT2D eigenvalue weighted by Crippen LogP contribution is -2.41. The Labute approximate surface area is 147 Å². The lowest BCUT2D eigenvalue weighted by atomic mass is 10.1. The molecule has 0 bridgehead atoms. The third kappa shape index (κ3) is 3.67. The predicted octanol–water partition coefficient (Wildman–Crippen LogP) is 2.89. The van der Waals surface area contributed by atoms with Crippen molar-refractivity contribution in [3.63, 3.8) is 0 Å². The number of hydrogen-bond donors (Lipinski definition) is 2. The number of aromatic nitrogens is 2. The lowest BCUT2D eigenvalue weighted by Gasteiger charge is -2.19. The van der Waals surface area contributed by atoms with E-state index >= 15 is 0 Å². The van der Waals surface area contributed by atoms with Gasteiger partial charge in [-0.1, -0.05) is 12.1 Å². The fourth-order valence-corrected chi connectivity index (χ4v) is 2.93. The molecule has 0 aliphatic carbocycles. The summed E-state index contributed by atoms with van der Waals surface area (Å²) >= 11 is 0. The van der Waals surface area contributed by atoms with Crippen LogP contribution in [0.5, 0.6) is 5.75 Å². The third-order valence-electron chi connectivity index (χ3n) is 4.25. The Morgan fingerprint density at radius 2 is 2.15 bits per heavy atom. The zero-order chi connectivity index (χ0) is 18.9. The Morgan fingerprint density at radius 1 is 1.42 bits per heavy atom. The summed E-state index contributed by atoms with van der Waals surface area (Å²) in [5, 5.41) is 16.5. The molecule has 2 heterocycles. The van der Waals surface area contributed by atoms with Gasteiger partial charge in [0.1, 0.15) is 0 Å². The van der Waals surface area contributed by atoms with Crippen molar-refractivity contribution in [1.82, 2.24) is 15.1 Å². The maximum atomic E-state index is 13.1. The van der Waals surface area contributed by atoms with Crippen molar-refractivity contribution in [2.45, 2.75) is 38.1 Å². The SMILES string of the molecule is C[C@H](NC(=O)c1nn(-c2ccccc2C(F)(F)F)cc1O)[C@H]1CCCO1. The molecular formula is C17H18F3N3O3. The van der Waals surface area contributed by atoms with E-state index in [9.17, 15) is 23.1 Å². The number of benzene rings is 1. The average molecular weight is 369 g/mol. The molecule has 3 rings (SSSR count). The summed E-state index contributed by atoms with van der Waals surface area (Å²) in [6.45, 7) is 2.39. The molecule has 2 N–H and O–H groups in total. The van der Waals surface area contributed by atoms with E-state index in [1.165, 1.54) is 18.2 Å². The Balaban J connectivity index is 1.85. The van der Waals surface area contributed by atoms with Crippen molar-refractivity contribution < 1.29 is 27.8 Å². The number of carbonyl (C=O) groups is 1. The molecule has 1 saturated heterocycles. The van der Waals surface area contributed by atoms with Gasteiger partial charge in [0.05, 0.1) is 29.6 Å². The topological polar surface area (TPSA) is 76.4 Å². The normalized spacial score (nSPS) is 18.7. The Bertz CT molecular complexity index is 798. The number of para-hydroxylation sites is 1. The number of amides is 1. The molecule has 0 unspecified atom stereocenters. The Hall–Kier alpha value is -2.55. The van der Waals surface area contributed by atoms with Gasteiger partial charge in [-0.2, -0.15) is 18.3 Å². The summed E-state index contributed by atoms with van der Waals surface area (Å²) in [5.41, 5.74) is -1.53. The first kappa shape index (κ1) is 18.2. The molecule has 6 nitrogen and oxygen atoms in total. The van der Waals surface area contributed by atoms with E-state index in [0.717, 1.165) is 29.8 Å². The van der Waals surface area contributed by atoms with Crippen molar-refractivity contribution in [3.8, 4) is 11.4 Å². The van der Waals surface area contributed by atoms with Crippen LogP contribution in [0.1, 0.15) is 35.8 Å². The fourth-order valence-electron chi connectivity index (χ4n) is 2.93. The van der Waals surface area contributed by atoms with Crippen LogP contribution in [0.2, 0.25) is 0 Å². The highest BCUT2D eigenvalue weighted by Crippen LogP contribution is 2.34. The molecule has 2 aromatic rings. The summed E-state index contributed by atoms with van der Waals surface area (Å²) < 4.78 is 45.8. The van der Waals surface area contributed by atoms with Crippen LogP contribution in [-0.2, 0) is 10.9 Å². The maximum absolute atomic E-state index is 13.1. The fraction of sp³-hybridized carbons (Fsp3) is 0.412. The van der Waals surface area contributed by atoms with Crippen molar-refractivity contribution in [2.75, 3.05) is 6.61 Å². The molecule has 1 fully saturated rings. The van der Waals surface area contributed by atoms with Gasteiger partial charge in [0.2, 0.25) is 0 Å². The molecule has 1 amide bonds. The van der Waals surface area contributed by atoms with Crippen LogP contribution in [0, 0.1) is 0 Å². The molecule has 0 radical (unpaired) electrons. The number of halogens is 3. The number of carbonyl (C=O) groups excluding carboxylic acids is 1. The monoisotopic (exact) mass is 369 g/mol. The van der Waals surface area contributed by atoms with Gasteiger partial charge >= 0.3 is 6.18 Å². The number of hydrogen-bond acceptors (Lipinski definition) is 4. The maximum Gasteiger partial charge on any atom is 0.418 e. The number of nitrogens with one attached hydrogen (secondary N) is 1. The summed E-state index contributed by atoms with van der Waals surface area (Å²) in [5.74, 6) is -1.17. The highest BCUT2D eigenvalue weighted by molar-refractivity contribution is 5.95. The third-order valence-corrected chi connectivity index (χ3v) is 4.25. The number of alkyl halides is 3. The van der Waals surface area contributed by atoms with Gasteiger partial charge in [0.25, 0.3) is 5.91 Å². The molecule has 140 valence electrons. The van der Waals surface area contributed by atoms with Crippen molar-refractivity contribution in [2.24, 2.45) is 0 Å². The van der Waals surface area contributed by atoms with Crippen molar-refractivity contribution in [3.05, 3.63) is 41.7 Å². The van der Waals surface area contributed by atoms with E-state index in [0.29, 0.717) is 6.61 Å². The number of ether oxygens (including phenoxy) is 1. The number of nitrogens with zero attached hydrogens (tertiary/aromatic N) is 2. The van der Waals surface area contributed by atoms with Gasteiger partial charge in [-0.05, 0) is 31.9 Å².